The van der Waals surface area contributed by atoms with Crippen LogP contribution in [0.1, 0.15) is 0 Å². The molecule has 1 aromatic carbocycles. The number of nitrogens with zero attached hydrogens (tertiary/aromatic N) is 4. The van der Waals surface area contributed by atoms with Crippen LogP contribution >= 0.6 is 34.5 Å². The van der Waals surface area contributed by atoms with Gasteiger partial charge in [0.05, 0.1) is 10.6 Å². The van der Waals surface area contributed by atoms with Gasteiger partial charge in [-0.2, -0.15) is 4.37 Å². The van der Waals surface area contributed by atoms with Gasteiger partial charge in [0.2, 0.25) is 0 Å². The summed E-state index contributed by atoms with van der Waals surface area (Å²) in [6.07, 6.45) is 0. The Kier molecular flexibility index (Phi) is 4.44. The van der Waals surface area contributed by atoms with Gasteiger partial charge in [0.1, 0.15) is 8.55 Å². The third-order valence-corrected chi connectivity index (χ3v) is 7.19. The Labute approximate surface area is 161 Å². The molecule has 2 N–H and O–H groups in total. The lowest BCUT2D eigenvalue weighted by Gasteiger charge is -2.07. The predicted octanol–water partition coefficient (Wildman–Crippen LogP) is 3.51. The normalized spacial score (nSPS) is 11.6. The average molecular weight is 425 g/mol. The SMILES string of the molecule is O=S(=O)(Nc1cccc(-c2nnn[nH]2)c1)c1ccc(-c2cc(Cl)sn2)s1. The fourth-order valence-corrected chi connectivity index (χ4v) is 5.27. The first-order chi connectivity index (χ1) is 12.5. The van der Waals surface area contributed by atoms with E-state index in [0.29, 0.717) is 27.1 Å². The van der Waals surface area contributed by atoms with E-state index in [0.717, 1.165) is 27.7 Å². The van der Waals surface area contributed by atoms with Gasteiger partial charge >= 0.3 is 0 Å². The number of thiophene rings is 1. The summed E-state index contributed by atoms with van der Waals surface area (Å²) in [5.74, 6) is 0.449. The number of aromatic nitrogens is 5. The number of hydrogen-bond acceptors (Lipinski definition) is 8. The standard InChI is InChI=1S/C14H9ClN6O2S3/c15-12-7-10(18-25-12)11-4-5-13(24-11)26(22,23)19-9-3-1-2-8(6-9)14-16-20-21-17-14/h1-7,19H,(H,16,17,20,21). The fraction of sp³-hybridized carbons (Fsp3) is 0. The van der Waals surface area contributed by atoms with Crippen molar-refractivity contribution in [2.24, 2.45) is 0 Å². The van der Waals surface area contributed by atoms with Crippen molar-refractivity contribution in [2.75, 3.05) is 4.72 Å². The Morgan fingerprint density at radius 1 is 1.15 bits per heavy atom. The van der Waals surface area contributed by atoms with Gasteiger partial charge in [0, 0.05) is 11.3 Å². The number of nitrogens with one attached hydrogen (secondary N) is 2. The third-order valence-electron chi connectivity index (χ3n) is 3.31. The number of hydrogen-bond donors (Lipinski definition) is 2. The Bertz CT molecular complexity index is 1150. The molecule has 0 bridgehead atoms. The lowest BCUT2D eigenvalue weighted by Crippen LogP contribution is -2.11. The maximum atomic E-state index is 12.7. The van der Waals surface area contributed by atoms with Gasteiger partial charge in [-0.1, -0.05) is 23.7 Å². The Hall–Kier alpha value is -2.34. The highest BCUT2D eigenvalue weighted by Gasteiger charge is 2.19. The largest absolute Gasteiger partial charge is 0.279 e. The highest BCUT2D eigenvalue weighted by Crippen LogP contribution is 2.33. The van der Waals surface area contributed by atoms with E-state index in [9.17, 15) is 8.42 Å². The molecule has 0 aliphatic carbocycles. The summed E-state index contributed by atoms with van der Waals surface area (Å²) < 4.78 is 32.8. The lowest BCUT2D eigenvalue weighted by atomic mass is 10.2. The molecule has 12 heteroatoms. The van der Waals surface area contributed by atoms with E-state index in [-0.39, 0.29) is 4.21 Å². The molecule has 3 aromatic heterocycles. The van der Waals surface area contributed by atoms with E-state index in [1.165, 1.54) is 0 Å². The summed E-state index contributed by atoms with van der Waals surface area (Å²) in [4.78, 5) is 0.731. The number of anilines is 1. The summed E-state index contributed by atoms with van der Waals surface area (Å²) in [5, 5.41) is 13.5. The molecule has 0 aliphatic rings. The Balaban J connectivity index is 1.60. The van der Waals surface area contributed by atoms with Gasteiger partial charge in [-0.25, -0.2) is 13.5 Å². The number of benzene rings is 1. The molecular weight excluding hydrogens is 416 g/mol. The molecule has 4 aromatic rings. The van der Waals surface area contributed by atoms with Crippen molar-refractivity contribution >= 4 is 50.2 Å². The van der Waals surface area contributed by atoms with Crippen molar-refractivity contribution < 1.29 is 8.42 Å². The number of aromatic amines is 1. The summed E-state index contributed by atoms with van der Waals surface area (Å²) >= 11 is 8.17. The Morgan fingerprint density at radius 3 is 2.77 bits per heavy atom. The van der Waals surface area contributed by atoms with Crippen LogP contribution in [0.15, 0.2) is 46.7 Å². The van der Waals surface area contributed by atoms with Crippen LogP contribution in [0.2, 0.25) is 4.34 Å². The van der Waals surface area contributed by atoms with Gasteiger partial charge < -0.3 is 0 Å². The second-order valence-corrected chi connectivity index (χ2v) is 9.50. The fourth-order valence-electron chi connectivity index (χ4n) is 2.19. The smallest absolute Gasteiger partial charge is 0.271 e. The highest BCUT2D eigenvalue weighted by atomic mass is 35.5. The quantitative estimate of drug-likeness (QED) is 0.506. The van der Waals surface area contributed by atoms with Crippen LogP contribution in [-0.4, -0.2) is 33.4 Å². The van der Waals surface area contributed by atoms with Crippen LogP contribution in [0.3, 0.4) is 0 Å². The lowest BCUT2D eigenvalue weighted by molar-refractivity contribution is 0.603. The molecule has 0 unspecified atom stereocenters. The van der Waals surface area contributed by atoms with E-state index in [4.69, 9.17) is 11.6 Å². The number of tetrazole rings is 1. The van der Waals surface area contributed by atoms with Crippen LogP contribution in [0, 0.1) is 0 Å². The minimum Gasteiger partial charge on any atom is -0.279 e. The molecule has 0 fully saturated rings. The zero-order valence-corrected chi connectivity index (χ0v) is 16.0. The molecule has 8 nitrogen and oxygen atoms in total. The van der Waals surface area contributed by atoms with Crippen molar-refractivity contribution in [1.82, 2.24) is 25.0 Å². The zero-order valence-electron chi connectivity index (χ0n) is 12.7. The molecule has 132 valence electrons. The molecule has 0 spiro atoms. The molecule has 0 atom stereocenters. The third kappa shape index (κ3) is 3.46. The molecule has 26 heavy (non-hydrogen) atoms. The van der Waals surface area contributed by atoms with Crippen LogP contribution < -0.4 is 4.72 Å². The van der Waals surface area contributed by atoms with Crippen molar-refractivity contribution in [3.05, 3.63) is 46.8 Å². The number of H-pyrrole nitrogens is 1. The van der Waals surface area contributed by atoms with E-state index >= 15 is 0 Å². The molecule has 0 aliphatic heterocycles. The maximum Gasteiger partial charge on any atom is 0.271 e. The van der Waals surface area contributed by atoms with Gasteiger partial charge in [-0.3, -0.25) is 4.72 Å². The summed E-state index contributed by atoms with van der Waals surface area (Å²) in [5.41, 5.74) is 1.73. The van der Waals surface area contributed by atoms with E-state index in [1.807, 2.05) is 0 Å². The summed E-state index contributed by atoms with van der Waals surface area (Å²) in [7, 11) is -3.73. The van der Waals surface area contributed by atoms with Gasteiger partial charge in [-0.05, 0) is 52.3 Å². The molecule has 0 saturated heterocycles. The summed E-state index contributed by atoms with van der Waals surface area (Å²) in [6.45, 7) is 0. The number of halogens is 1. The predicted molar refractivity (Wildman–Crippen MR) is 101 cm³/mol. The molecule has 3 heterocycles. The minimum atomic E-state index is -3.73. The second kappa shape index (κ2) is 6.76. The molecule has 0 saturated carbocycles. The molecule has 0 radical (unpaired) electrons. The second-order valence-electron chi connectivity index (χ2n) is 5.07. The van der Waals surface area contributed by atoms with Crippen LogP contribution in [-0.2, 0) is 10.0 Å². The maximum absolute atomic E-state index is 12.7. The molecule has 4 rings (SSSR count). The topological polar surface area (TPSA) is 114 Å². The first-order valence-corrected chi connectivity index (χ1v) is 10.6. The van der Waals surface area contributed by atoms with Crippen LogP contribution in [0.5, 0.6) is 0 Å². The number of rotatable bonds is 5. The van der Waals surface area contributed by atoms with Crippen molar-refractivity contribution in [3.63, 3.8) is 0 Å². The molecular formula is C14H9ClN6O2S3. The average Bonchev–Trinajstić information content (AvgIpc) is 3.36. The van der Waals surface area contributed by atoms with Gasteiger partial charge in [0.25, 0.3) is 10.0 Å². The zero-order chi connectivity index (χ0) is 18.1. The van der Waals surface area contributed by atoms with E-state index in [1.54, 1.807) is 42.5 Å². The van der Waals surface area contributed by atoms with Gasteiger partial charge in [0.15, 0.2) is 5.82 Å². The summed E-state index contributed by atoms with van der Waals surface area (Å²) in [6, 6.07) is 11.7. The highest BCUT2D eigenvalue weighted by molar-refractivity contribution is 7.94. The first-order valence-electron chi connectivity index (χ1n) is 7.11. The molecule has 0 amide bonds. The van der Waals surface area contributed by atoms with Crippen LogP contribution in [0.25, 0.3) is 22.0 Å². The minimum absolute atomic E-state index is 0.184. The van der Waals surface area contributed by atoms with Crippen molar-refractivity contribution in [1.29, 1.82) is 0 Å². The van der Waals surface area contributed by atoms with Crippen molar-refractivity contribution in [3.8, 4) is 22.0 Å². The van der Waals surface area contributed by atoms with E-state index < -0.39 is 10.0 Å². The van der Waals surface area contributed by atoms with E-state index in [2.05, 4.69) is 29.7 Å². The number of sulfonamides is 1. The van der Waals surface area contributed by atoms with Crippen LogP contribution in [0.4, 0.5) is 5.69 Å². The first kappa shape index (κ1) is 17.1. The monoisotopic (exact) mass is 424 g/mol. The Morgan fingerprint density at radius 2 is 2.04 bits per heavy atom. The van der Waals surface area contributed by atoms with Crippen molar-refractivity contribution in [2.45, 2.75) is 4.21 Å². The van der Waals surface area contributed by atoms with Gasteiger partial charge in [-0.15, -0.1) is 16.4 Å².